The minimum Gasteiger partial charge on any atom is -0.413 e. The van der Waals surface area contributed by atoms with Crippen molar-refractivity contribution >= 4 is 30.8 Å². The first-order valence-corrected chi connectivity index (χ1v) is 23.3. The monoisotopic (exact) mass is 623 g/mol. The maximum atomic E-state index is 13.3. The van der Waals surface area contributed by atoms with Crippen LogP contribution in [-0.2, 0) is 18.0 Å². The number of nitrogens with zero attached hydrogens (tertiary/aromatic N) is 2. The SMILES string of the molecule is C=C=C[C@]1(CO[Si](C)(C)C(C)(C)C)O[C@@H](n2ccc(N)nc2=O)[C@H](O[Si](C)(C)C(C)(C)C)[C@@H]1O[Si](C)(C)C(C)(C)C. The number of rotatable bonds is 9. The molecule has 0 saturated carbocycles. The molecule has 1 aromatic heterocycles. The van der Waals surface area contributed by atoms with Gasteiger partial charge in [-0.1, -0.05) is 68.9 Å². The van der Waals surface area contributed by atoms with Crippen molar-refractivity contribution in [2.45, 2.75) is 141 Å². The molecule has 1 aliphatic rings. The Balaban J connectivity index is 2.88. The van der Waals surface area contributed by atoms with Crippen LogP contribution in [0.2, 0.25) is 54.4 Å². The van der Waals surface area contributed by atoms with Crippen LogP contribution in [0.3, 0.4) is 0 Å². The summed E-state index contributed by atoms with van der Waals surface area (Å²) in [5.74, 6) is 0.152. The molecule has 8 nitrogen and oxygen atoms in total. The van der Waals surface area contributed by atoms with E-state index in [-0.39, 0.29) is 27.5 Å². The number of ether oxygens (including phenoxy) is 1. The number of aromatic nitrogens is 2. The van der Waals surface area contributed by atoms with Crippen LogP contribution in [0.25, 0.3) is 0 Å². The maximum Gasteiger partial charge on any atom is 0.351 e. The highest BCUT2D eigenvalue weighted by Crippen LogP contribution is 2.50. The van der Waals surface area contributed by atoms with Gasteiger partial charge >= 0.3 is 5.69 Å². The number of nitrogens with two attached hydrogens (primary N) is 1. The van der Waals surface area contributed by atoms with Crippen LogP contribution in [0.5, 0.6) is 0 Å². The van der Waals surface area contributed by atoms with Crippen molar-refractivity contribution in [1.29, 1.82) is 0 Å². The molecule has 0 unspecified atom stereocenters. The molecule has 0 spiro atoms. The second-order valence-electron chi connectivity index (χ2n) is 16.0. The Hall–Kier alpha value is -1.31. The average Bonchev–Trinajstić information content (AvgIpc) is 3.03. The zero-order chi connectivity index (χ0) is 32.0. The fraction of sp³-hybridized carbons (Fsp3) is 0.767. The van der Waals surface area contributed by atoms with E-state index in [0.29, 0.717) is 0 Å². The van der Waals surface area contributed by atoms with Gasteiger partial charge in [0.25, 0.3) is 0 Å². The summed E-state index contributed by atoms with van der Waals surface area (Å²) >= 11 is 0. The number of anilines is 1. The molecule has 1 aromatic rings. The normalized spacial score (nSPS) is 24.8. The molecule has 1 aliphatic heterocycles. The quantitative estimate of drug-likeness (QED) is 0.229. The fourth-order valence-corrected chi connectivity index (χ4v) is 7.49. The van der Waals surface area contributed by atoms with Crippen LogP contribution in [0.1, 0.15) is 68.5 Å². The first kappa shape index (κ1) is 35.9. The molecule has 0 amide bonds. The molecule has 4 atom stereocenters. The summed E-state index contributed by atoms with van der Waals surface area (Å²) in [7, 11) is -7.01. The highest BCUT2D eigenvalue weighted by atomic mass is 28.4. The lowest BCUT2D eigenvalue weighted by atomic mass is 9.96. The topological polar surface area (TPSA) is 97.8 Å². The van der Waals surface area contributed by atoms with Crippen molar-refractivity contribution in [3.8, 4) is 0 Å². The third kappa shape index (κ3) is 7.62. The van der Waals surface area contributed by atoms with Gasteiger partial charge in [0, 0.05) is 6.20 Å². The van der Waals surface area contributed by atoms with Crippen molar-refractivity contribution in [1.82, 2.24) is 9.55 Å². The van der Waals surface area contributed by atoms with Gasteiger partial charge in [0.1, 0.15) is 23.6 Å². The molecule has 1 saturated heterocycles. The molecule has 0 aliphatic carbocycles. The van der Waals surface area contributed by atoms with Gasteiger partial charge in [0.05, 0.1) is 6.61 Å². The van der Waals surface area contributed by atoms with Crippen molar-refractivity contribution in [2.75, 3.05) is 12.3 Å². The Morgan fingerprint density at radius 3 is 1.90 bits per heavy atom. The van der Waals surface area contributed by atoms with Gasteiger partial charge in [-0.15, -0.1) is 5.73 Å². The van der Waals surface area contributed by atoms with Crippen molar-refractivity contribution in [3.05, 3.63) is 41.1 Å². The summed E-state index contributed by atoms with van der Waals surface area (Å²) < 4.78 is 29.7. The third-order valence-electron chi connectivity index (χ3n) is 9.80. The summed E-state index contributed by atoms with van der Waals surface area (Å²) in [6.45, 7) is 37.3. The minimum atomic E-state index is -2.40. The maximum absolute atomic E-state index is 13.3. The summed E-state index contributed by atoms with van der Waals surface area (Å²) in [4.78, 5) is 17.3. The van der Waals surface area contributed by atoms with Crippen molar-refractivity contribution in [2.24, 2.45) is 0 Å². The molecule has 0 bridgehead atoms. The molecule has 2 N–H and O–H groups in total. The molecule has 1 fully saturated rings. The number of nitrogen functional groups attached to an aromatic ring is 1. The van der Waals surface area contributed by atoms with Crippen LogP contribution in [0.15, 0.2) is 35.4 Å². The Morgan fingerprint density at radius 2 is 1.46 bits per heavy atom. The van der Waals surface area contributed by atoms with E-state index < -0.39 is 54.7 Å². The van der Waals surface area contributed by atoms with Crippen LogP contribution in [-0.4, -0.2) is 58.9 Å². The Kier molecular flexibility index (Phi) is 10.2. The predicted octanol–water partition coefficient (Wildman–Crippen LogP) is 7.24. The number of hydrogen-bond acceptors (Lipinski definition) is 7. The van der Waals surface area contributed by atoms with E-state index in [9.17, 15) is 4.79 Å². The summed E-state index contributed by atoms with van der Waals surface area (Å²) in [6.07, 6.45) is 1.40. The first-order chi connectivity index (χ1) is 18.2. The van der Waals surface area contributed by atoms with Crippen LogP contribution < -0.4 is 11.4 Å². The standard InChI is InChI=1S/C30H57N3O5Si3/c1-17-19-30(21-35-39(11,12)27(2,3)4)24(38-41(15,16)29(8,9)10)23(37-40(13,14)28(5,6)7)25(36-30)33-20-18-22(31)32-26(33)34/h18-20,23-25H,1,21H2,2-16H3,(H2,31,32,34)/t23-,24+,25-,30-/m1/s1. The molecule has 41 heavy (non-hydrogen) atoms. The Labute approximate surface area is 252 Å². The third-order valence-corrected chi connectivity index (χ3v) is 23.2. The Morgan fingerprint density at radius 1 is 0.976 bits per heavy atom. The molecule has 2 heterocycles. The second kappa shape index (κ2) is 11.6. The van der Waals surface area contributed by atoms with Gasteiger partial charge < -0.3 is 23.7 Å². The van der Waals surface area contributed by atoms with E-state index in [4.69, 9.17) is 23.7 Å². The summed E-state index contributed by atoms with van der Waals surface area (Å²) in [6, 6.07) is 1.60. The molecular weight excluding hydrogens is 567 g/mol. The van der Waals surface area contributed by atoms with E-state index in [2.05, 4.69) is 119 Å². The molecular formula is C30H57N3O5Si3. The smallest absolute Gasteiger partial charge is 0.351 e. The molecule has 0 radical (unpaired) electrons. The van der Waals surface area contributed by atoms with E-state index in [1.807, 2.05) is 6.08 Å². The lowest BCUT2D eigenvalue weighted by Crippen LogP contribution is -2.58. The zero-order valence-corrected chi connectivity index (χ0v) is 31.4. The van der Waals surface area contributed by atoms with E-state index in [0.717, 1.165) is 0 Å². The average molecular weight is 624 g/mol. The van der Waals surface area contributed by atoms with Gasteiger partial charge in [0.2, 0.25) is 0 Å². The second-order valence-corrected chi connectivity index (χ2v) is 30.4. The van der Waals surface area contributed by atoms with Crippen molar-refractivity contribution < 1.29 is 18.0 Å². The summed E-state index contributed by atoms with van der Waals surface area (Å²) in [5, 5.41) is -0.203. The molecule has 234 valence electrons. The molecule has 0 aromatic carbocycles. The molecule has 11 heteroatoms. The van der Waals surface area contributed by atoms with Gasteiger partial charge in [-0.25, -0.2) is 4.79 Å². The first-order valence-electron chi connectivity index (χ1n) is 14.6. The zero-order valence-electron chi connectivity index (χ0n) is 28.4. The lowest BCUT2D eigenvalue weighted by Gasteiger charge is -2.46. The minimum absolute atomic E-state index is 0.0191. The van der Waals surface area contributed by atoms with Crippen LogP contribution >= 0.6 is 0 Å². The molecule has 2 rings (SSSR count). The van der Waals surface area contributed by atoms with Crippen molar-refractivity contribution in [3.63, 3.8) is 0 Å². The fourth-order valence-electron chi connectivity index (χ4n) is 3.88. The largest absolute Gasteiger partial charge is 0.413 e. The highest BCUT2D eigenvalue weighted by molar-refractivity contribution is 6.75. The van der Waals surface area contributed by atoms with Gasteiger partial charge in [-0.3, -0.25) is 4.57 Å². The summed E-state index contributed by atoms with van der Waals surface area (Å²) in [5.41, 5.74) is 7.25. The van der Waals surface area contributed by atoms with Gasteiger partial charge in [-0.2, -0.15) is 4.98 Å². The van der Waals surface area contributed by atoms with E-state index >= 15 is 0 Å². The Bertz CT molecular complexity index is 1190. The van der Waals surface area contributed by atoms with E-state index in [1.54, 1.807) is 12.3 Å². The van der Waals surface area contributed by atoms with Gasteiger partial charge in [0.15, 0.2) is 31.2 Å². The highest BCUT2D eigenvalue weighted by Gasteiger charge is 2.61. The van der Waals surface area contributed by atoms with Crippen LogP contribution in [0.4, 0.5) is 5.82 Å². The predicted molar refractivity (Wildman–Crippen MR) is 177 cm³/mol. The lowest BCUT2D eigenvalue weighted by molar-refractivity contribution is -0.0947. The van der Waals surface area contributed by atoms with E-state index in [1.165, 1.54) is 4.57 Å². The van der Waals surface area contributed by atoms with Gasteiger partial charge in [-0.05, 0) is 66.5 Å². The number of hydrogen-bond donors (Lipinski definition) is 1. The van der Waals surface area contributed by atoms with Crippen LogP contribution in [0, 0.1) is 0 Å².